The SMILES string of the molecule is CCCNCCc1nc2ccccc2[nH]1. The zero-order valence-electron chi connectivity index (χ0n) is 9.09. The van der Waals surface area contributed by atoms with Gasteiger partial charge in [0.1, 0.15) is 5.82 Å². The van der Waals surface area contributed by atoms with E-state index in [2.05, 4.69) is 28.3 Å². The summed E-state index contributed by atoms with van der Waals surface area (Å²) in [5.41, 5.74) is 2.19. The smallest absolute Gasteiger partial charge is 0.108 e. The molecule has 3 heteroatoms. The maximum Gasteiger partial charge on any atom is 0.108 e. The van der Waals surface area contributed by atoms with Crippen LogP contribution in [0.2, 0.25) is 0 Å². The first-order valence-electron chi connectivity index (χ1n) is 5.54. The van der Waals surface area contributed by atoms with Crippen molar-refractivity contribution in [3.05, 3.63) is 30.1 Å². The predicted molar refractivity (Wildman–Crippen MR) is 63.0 cm³/mol. The topological polar surface area (TPSA) is 40.7 Å². The molecule has 0 saturated heterocycles. The van der Waals surface area contributed by atoms with Gasteiger partial charge in [-0.05, 0) is 25.1 Å². The van der Waals surface area contributed by atoms with Crippen molar-refractivity contribution in [2.45, 2.75) is 19.8 Å². The Morgan fingerprint density at radius 2 is 2.13 bits per heavy atom. The Bertz CT molecular complexity index is 386. The summed E-state index contributed by atoms with van der Waals surface area (Å²) in [6.07, 6.45) is 2.15. The minimum atomic E-state index is 0.967. The van der Waals surface area contributed by atoms with Gasteiger partial charge in [-0.25, -0.2) is 4.98 Å². The second-order valence-electron chi connectivity index (χ2n) is 3.70. The number of imidazole rings is 1. The molecule has 1 aromatic heterocycles. The number of aromatic nitrogens is 2. The second-order valence-corrected chi connectivity index (χ2v) is 3.70. The van der Waals surface area contributed by atoms with Gasteiger partial charge >= 0.3 is 0 Å². The first-order chi connectivity index (χ1) is 7.40. The lowest BCUT2D eigenvalue weighted by atomic mass is 10.3. The summed E-state index contributed by atoms with van der Waals surface area (Å²) < 4.78 is 0. The van der Waals surface area contributed by atoms with Gasteiger partial charge in [0.25, 0.3) is 0 Å². The molecular formula is C12H17N3. The largest absolute Gasteiger partial charge is 0.342 e. The maximum atomic E-state index is 4.51. The summed E-state index contributed by atoms with van der Waals surface area (Å²) in [6, 6.07) is 8.14. The van der Waals surface area contributed by atoms with Gasteiger partial charge in [-0.3, -0.25) is 0 Å². The molecule has 0 amide bonds. The average molecular weight is 203 g/mol. The molecule has 15 heavy (non-hydrogen) atoms. The summed E-state index contributed by atoms with van der Waals surface area (Å²) in [7, 11) is 0. The quantitative estimate of drug-likeness (QED) is 0.731. The standard InChI is InChI=1S/C12H17N3/c1-2-8-13-9-7-12-14-10-5-3-4-6-11(10)15-12/h3-6,13H,2,7-9H2,1H3,(H,14,15). The Morgan fingerprint density at radius 3 is 2.93 bits per heavy atom. The van der Waals surface area contributed by atoms with Crippen LogP contribution in [0.1, 0.15) is 19.2 Å². The molecule has 1 aromatic carbocycles. The van der Waals surface area contributed by atoms with E-state index < -0.39 is 0 Å². The van der Waals surface area contributed by atoms with E-state index in [9.17, 15) is 0 Å². The van der Waals surface area contributed by atoms with Crippen molar-refractivity contribution in [1.29, 1.82) is 0 Å². The minimum absolute atomic E-state index is 0.967. The van der Waals surface area contributed by atoms with Crippen molar-refractivity contribution >= 4 is 11.0 Å². The zero-order chi connectivity index (χ0) is 10.5. The summed E-state index contributed by atoms with van der Waals surface area (Å²) in [4.78, 5) is 7.84. The van der Waals surface area contributed by atoms with E-state index in [1.165, 1.54) is 6.42 Å². The summed E-state index contributed by atoms with van der Waals surface area (Å²) in [5.74, 6) is 1.07. The number of hydrogen-bond donors (Lipinski definition) is 2. The number of aromatic amines is 1. The molecule has 0 bridgehead atoms. The van der Waals surface area contributed by atoms with E-state index in [-0.39, 0.29) is 0 Å². The lowest BCUT2D eigenvalue weighted by Crippen LogP contribution is -2.18. The Kier molecular flexibility index (Phi) is 3.35. The Morgan fingerprint density at radius 1 is 1.27 bits per heavy atom. The first-order valence-corrected chi connectivity index (χ1v) is 5.54. The minimum Gasteiger partial charge on any atom is -0.342 e. The van der Waals surface area contributed by atoms with Gasteiger partial charge < -0.3 is 10.3 Å². The third-order valence-electron chi connectivity index (χ3n) is 2.40. The Hall–Kier alpha value is -1.35. The molecule has 0 spiro atoms. The van der Waals surface area contributed by atoms with E-state index in [1.54, 1.807) is 0 Å². The molecule has 0 aliphatic rings. The molecular weight excluding hydrogens is 186 g/mol. The Labute approximate surface area is 89.9 Å². The van der Waals surface area contributed by atoms with Crippen LogP contribution in [0.5, 0.6) is 0 Å². The highest BCUT2D eigenvalue weighted by atomic mass is 14.9. The van der Waals surface area contributed by atoms with Crippen molar-refractivity contribution in [1.82, 2.24) is 15.3 Å². The summed E-state index contributed by atoms with van der Waals surface area (Å²) in [5, 5.41) is 3.37. The van der Waals surface area contributed by atoms with Crippen molar-refractivity contribution < 1.29 is 0 Å². The molecule has 0 radical (unpaired) electrons. The molecule has 0 saturated carbocycles. The number of fused-ring (bicyclic) bond motifs is 1. The molecule has 2 N–H and O–H groups in total. The van der Waals surface area contributed by atoms with E-state index >= 15 is 0 Å². The van der Waals surface area contributed by atoms with Crippen LogP contribution in [-0.4, -0.2) is 23.1 Å². The normalized spacial score (nSPS) is 11.0. The van der Waals surface area contributed by atoms with Crippen molar-refractivity contribution in [2.75, 3.05) is 13.1 Å². The van der Waals surface area contributed by atoms with Gasteiger partial charge in [0.05, 0.1) is 11.0 Å². The molecule has 0 aliphatic carbocycles. The first kappa shape index (κ1) is 10.2. The van der Waals surface area contributed by atoms with Crippen molar-refractivity contribution in [3.8, 4) is 0 Å². The number of nitrogens with one attached hydrogen (secondary N) is 2. The van der Waals surface area contributed by atoms with Crippen LogP contribution in [0, 0.1) is 0 Å². The van der Waals surface area contributed by atoms with Gasteiger partial charge in [0.15, 0.2) is 0 Å². The average Bonchev–Trinajstić information content (AvgIpc) is 2.67. The summed E-state index contributed by atoms with van der Waals surface area (Å²) in [6.45, 7) is 4.25. The van der Waals surface area contributed by atoms with Gasteiger partial charge in [0.2, 0.25) is 0 Å². The highest BCUT2D eigenvalue weighted by Crippen LogP contribution is 2.09. The Balaban J connectivity index is 1.97. The van der Waals surface area contributed by atoms with Crippen LogP contribution in [0.25, 0.3) is 11.0 Å². The van der Waals surface area contributed by atoms with Gasteiger partial charge in [-0.1, -0.05) is 19.1 Å². The fourth-order valence-corrected chi connectivity index (χ4v) is 1.63. The van der Waals surface area contributed by atoms with Gasteiger partial charge in [-0.15, -0.1) is 0 Å². The fourth-order valence-electron chi connectivity index (χ4n) is 1.63. The zero-order valence-corrected chi connectivity index (χ0v) is 9.09. The van der Waals surface area contributed by atoms with Crippen LogP contribution >= 0.6 is 0 Å². The number of nitrogens with zero attached hydrogens (tertiary/aromatic N) is 1. The van der Waals surface area contributed by atoms with E-state index in [0.717, 1.165) is 36.4 Å². The molecule has 2 rings (SSSR count). The number of benzene rings is 1. The molecule has 0 atom stereocenters. The third kappa shape index (κ3) is 2.57. The van der Waals surface area contributed by atoms with E-state index in [4.69, 9.17) is 0 Å². The van der Waals surface area contributed by atoms with Gasteiger partial charge in [0, 0.05) is 13.0 Å². The molecule has 0 aliphatic heterocycles. The lowest BCUT2D eigenvalue weighted by molar-refractivity contribution is 0.661. The predicted octanol–water partition coefficient (Wildman–Crippen LogP) is 2.10. The third-order valence-corrected chi connectivity index (χ3v) is 2.40. The van der Waals surface area contributed by atoms with Gasteiger partial charge in [-0.2, -0.15) is 0 Å². The highest BCUT2D eigenvalue weighted by Gasteiger charge is 2.00. The molecule has 2 aromatic rings. The van der Waals surface area contributed by atoms with Crippen molar-refractivity contribution in [2.24, 2.45) is 0 Å². The van der Waals surface area contributed by atoms with E-state index in [0.29, 0.717) is 0 Å². The number of H-pyrrole nitrogens is 1. The van der Waals surface area contributed by atoms with Crippen LogP contribution in [0.15, 0.2) is 24.3 Å². The van der Waals surface area contributed by atoms with Crippen molar-refractivity contribution in [3.63, 3.8) is 0 Å². The molecule has 3 nitrogen and oxygen atoms in total. The van der Waals surface area contributed by atoms with Crippen LogP contribution in [-0.2, 0) is 6.42 Å². The van der Waals surface area contributed by atoms with Crippen LogP contribution in [0.3, 0.4) is 0 Å². The summed E-state index contributed by atoms with van der Waals surface area (Å²) >= 11 is 0. The monoisotopic (exact) mass is 203 g/mol. The maximum absolute atomic E-state index is 4.51. The number of rotatable bonds is 5. The van der Waals surface area contributed by atoms with Crippen LogP contribution < -0.4 is 5.32 Å². The molecule has 0 fully saturated rings. The lowest BCUT2D eigenvalue weighted by Gasteiger charge is -1.99. The second kappa shape index (κ2) is 4.94. The fraction of sp³-hybridized carbons (Fsp3) is 0.417. The van der Waals surface area contributed by atoms with Crippen LogP contribution in [0.4, 0.5) is 0 Å². The highest BCUT2D eigenvalue weighted by molar-refractivity contribution is 5.74. The molecule has 0 unspecified atom stereocenters. The van der Waals surface area contributed by atoms with E-state index in [1.807, 2.05) is 18.2 Å². The number of hydrogen-bond acceptors (Lipinski definition) is 2. The molecule has 80 valence electrons. The number of para-hydroxylation sites is 2. The molecule has 1 heterocycles.